The maximum absolute atomic E-state index is 12.8. The minimum Gasteiger partial charge on any atom is -0.383 e. The molecule has 1 amide bonds. The Morgan fingerprint density at radius 2 is 1.62 bits per heavy atom. The lowest BCUT2D eigenvalue weighted by Gasteiger charge is -2.32. The molecule has 0 fully saturated rings. The number of methoxy groups -OCH3 is 1. The number of rotatable bonds is 7. The third kappa shape index (κ3) is 5.34. The van der Waals surface area contributed by atoms with E-state index in [1.807, 2.05) is 72.5 Å². The maximum Gasteiger partial charge on any atom is 0.242 e. The minimum atomic E-state index is -0.658. The van der Waals surface area contributed by atoms with Crippen molar-refractivity contribution >= 4 is 18.3 Å². The molecule has 2 unspecified atom stereocenters. The molecule has 0 aliphatic rings. The Balaban J connectivity index is 0.00000288. The van der Waals surface area contributed by atoms with Crippen LogP contribution in [0, 0.1) is 0 Å². The normalized spacial score (nSPS) is 12.8. The molecular weight excluding hydrogens is 324 g/mol. The molecule has 2 aromatic carbocycles. The number of hydrogen-bond acceptors (Lipinski definition) is 3. The molecule has 2 rings (SSSR count). The van der Waals surface area contributed by atoms with Crippen LogP contribution in [0.5, 0.6) is 0 Å². The highest BCUT2D eigenvalue weighted by molar-refractivity contribution is 5.85. The van der Waals surface area contributed by atoms with Crippen LogP contribution in [0.4, 0.5) is 0 Å². The van der Waals surface area contributed by atoms with Crippen LogP contribution in [0.2, 0.25) is 0 Å². The zero-order valence-corrected chi connectivity index (χ0v) is 14.9. The van der Waals surface area contributed by atoms with Gasteiger partial charge in [-0.25, -0.2) is 0 Å². The molecule has 24 heavy (non-hydrogen) atoms. The minimum absolute atomic E-state index is 0. The van der Waals surface area contributed by atoms with Gasteiger partial charge in [-0.05, 0) is 18.1 Å². The highest BCUT2D eigenvalue weighted by Gasteiger charge is 2.26. The molecule has 2 N–H and O–H groups in total. The Kier molecular flexibility index (Phi) is 8.47. The van der Waals surface area contributed by atoms with E-state index in [1.54, 1.807) is 7.11 Å². The van der Waals surface area contributed by atoms with Crippen molar-refractivity contribution in [3.05, 3.63) is 71.8 Å². The predicted molar refractivity (Wildman–Crippen MR) is 98.9 cm³/mol. The summed E-state index contributed by atoms with van der Waals surface area (Å²) in [7, 11) is 1.55. The molecule has 0 aliphatic carbocycles. The molecular formula is C19H25ClN2O2. The largest absolute Gasteiger partial charge is 0.383 e. The molecule has 0 heterocycles. The monoisotopic (exact) mass is 348 g/mol. The van der Waals surface area contributed by atoms with Crippen molar-refractivity contribution in [2.45, 2.75) is 25.6 Å². The summed E-state index contributed by atoms with van der Waals surface area (Å²) in [6, 6.07) is 19.2. The van der Waals surface area contributed by atoms with Crippen LogP contribution >= 0.6 is 12.4 Å². The number of amides is 1. The maximum atomic E-state index is 12.8. The van der Waals surface area contributed by atoms with Crippen LogP contribution in [0.3, 0.4) is 0 Å². The summed E-state index contributed by atoms with van der Waals surface area (Å²) in [5.74, 6) is -0.105. The first-order valence-corrected chi connectivity index (χ1v) is 7.77. The smallest absolute Gasteiger partial charge is 0.242 e. The van der Waals surface area contributed by atoms with E-state index in [4.69, 9.17) is 10.5 Å². The van der Waals surface area contributed by atoms with Gasteiger partial charge in [-0.1, -0.05) is 60.7 Å². The Hall–Kier alpha value is -1.88. The average Bonchev–Trinajstić information content (AvgIpc) is 2.60. The van der Waals surface area contributed by atoms with Gasteiger partial charge in [0.2, 0.25) is 5.91 Å². The fourth-order valence-electron chi connectivity index (χ4n) is 2.56. The number of carbonyl (C=O) groups is 1. The van der Waals surface area contributed by atoms with Gasteiger partial charge < -0.3 is 15.4 Å². The third-order valence-corrected chi connectivity index (χ3v) is 3.89. The second kappa shape index (κ2) is 10.1. The second-order valence-corrected chi connectivity index (χ2v) is 5.60. The van der Waals surface area contributed by atoms with E-state index in [0.29, 0.717) is 6.54 Å². The van der Waals surface area contributed by atoms with Crippen molar-refractivity contribution in [2.24, 2.45) is 5.73 Å². The molecule has 0 saturated heterocycles. The number of hydrogen-bond donors (Lipinski definition) is 1. The Morgan fingerprint density at radius 1 is 1.08 bits per heavy atom. The second-order valence-electron chi connectivity index (χ2n) is 5.60. The van der Waals surface area contributed by atoms with Gasteiger partial charge in [-0.15, -0.1) is 12.4 Å². The van der Waals surface area contributed by atoms with E-state index in [2.05, 4.69) is 0 Å². The van der Waals surface area contributed by atoms with Crippen LogP contribution in [-0.4, -0.2) is 30.6 Å². The van der Waals surface area contributed by atoms with Gasteiger partial charge in [-0.2, -0.15) is 0 Å². The molecule has 0 bridgehead atoms. The van der Waals surface area contributed by atoms with E-state index in [-0.39, 0.29) is 31.0 Å². The van der Waals surface area contributed by atoms with E-state index < -0.39 is 6.04 Å². The molecule has 0 aliphatic heterocycles. The molecule has 2 atom stereocenters. The number of halogens is 1. The summed E-state index contributed by atoms with van der Waals surface area (Å²) in [6.07, 6.45) is 0. The van der Waals surface area contributed by atoms with Gasteiger partial charge in [0.15, 0.2) is 0 Å². The Morgan fingerprint density at radius 3 is 2.17 bits per heavy atom. The average molecular weight is 349 g/mol. The Labute approximate surface area is 150 Å². The molecule has 2 aromatic rings. The lowest BCUT2D eigenvalue weighted by atomic mass is 10.0. The van der Waals surface area contributed by atoms with Gasteiger partial charge in [-0.3, -0.25) is 4.79 Å². The first-order chi connectivity index (χ1) is 11.1. The quantitative estimate of drug-likeness (QED) is 0.836. The van der Waals surface area contributed by atoms with Gasteiger partial charge in [0.25, 0.3) is 0 Å². The Bertz CT molecular complexity index is 607. The summed E-state index contributed by atoms with van der Waals surface area (Å²) in [5.41, 5.74) is 8.14. The number of ether oxygens (including phenoxy) is 1. The standard InChI is InChI=1S/C19H24N2O2.ClH/c1-15(17-11-7-4-8-12-17)21(19(22)18(20)14-23-2)13-16-9-5-3-6-10-16;/h3-12,15,18H,13-14,20H2,1-2H3;1H. The van der Waals surface area contributed by atoms with Crippen LogP contribution in [-0.2, 0) is 16.1 Å². The first kappa shape index (κ1) is 20.2. The van der Waals surface area contributed by atoms with Gasteiger partial charge >= 0.3 is 0 Å². The van der Waals surface area contributed by atoms with Crippen LogP contribution in [0.25, 0.3) is 0 Å². The van der Waals surface area contributed by atoms with E-state index in [9.17, 15) is 4.79 Å². The molecule has 0 spiro atoms. The molecule has 4 nitrogen and oxygen atoms in total. The van der Waals surface area contributed by atoms with Crippen molar-refractivity contribution in [3.63, 3.8) is 0 Å². The summed E-state index contributed by atoms with van der Waals surface area (Å²) < 4.78 is 5.04. The van der Waals surface area contributed by atoms with Gasteiger partial charge in [0.05, 0.1) is 12.6 Å². The van der Waals surface area contributed by atoms with Crippen LogP contribution in [0.1, 0.15) is 24.1 Å². The zero-order valence-electron chi connectivity index (χ0n) is 14.1. The molecule has 0 saturated carbocycles. The van der Waals surface area contributed by atoms with Crippen LogP contribution < -0.4 is 5.73 Å². The zero-order chi connectivity index (χ0) is 16.7. The molecule has 130 valence electrons. The number of carbonyl (C=O) groups excluding carboxylic acids is 1. The topological polar surface area (TPSA) is 55.6 Å². The first-order valence-electron chi connectivity index (χ1n) is 7.77. The predicted octanol–water partition coefficient (Wildman–Crippen LogP) is 3.17. The van der Waals surface area contributed by atoms with Crippen molar-refractivity contribution in [1.29, 1.82) is 0 Å². The fourth-order valence-corrected chi connectivity index (χ4v) is 2.56. The summed E-state index contributed by atoms with van der Waals surface area (Å²) >= 11 is 0. The number of nitrogens with zero attached hydrogens (tertiary/aromatic N) is 1. The summed E-state index contributed by atoms with van der Waals surface area (Å²) in [4.78, 5) is 14.6. The molecule has 5 heteroatoms. The number of nitrogens with two attached hydrogens (primary N) is 1. The van der Waals surface area contributed by atoms with Crippen molar-refractivity contribution in [3.8, 4) is 0 Å². The van der Waals surface area contributed by atoms with E-state index in [0.717, 1.165) is 11.1 Å². The van der Waals surface area contributed by atoms with E-state index in [1.165, 1.54) is 0 Å². The third-order valence-electron chi connectivity index (χ3n) is 3.89. The number of benzene rings is 2. The van der Waals surface area contributed by atoms with Gasteiger partial charge in [0, 0.05) is 13.7 Å². The SMILES string of the molecule is COCC(N)C(=O)N(Cc1ccccc1)C(C)c1ccccc1.Cl. The van der Waals surface area contributed by atoms with Crippen molar-refractivity contribution in [1.82, 2.24) is 4.90 Å². The summed E-state index contributed by atoms with van der Waals surface area (Å²) in [5, 5.41) is 0. The highest BCUT2D eigenvalue weighted by Crippen LogP contribution is 2.23. The van der Waals surface area contributed by atoms with Crippen molar-refractivity contribution in [2.75, 3.05) is 13.7 Å². The summed E-state index contributed by atoms with van der Waals surface area (Å²) in [6.45, 7) is 2.76. The van der Waals surface area contributed by atoms with Crippen molar-refractivity contribution < 1.29 is 9.53 Å². The van der Waals surface area contributed by atoms with Crippen LogP contribution in [0.15, 0.2) is 60.7 Å². The lowest BCUT2D eigenvalue weighted by molar-refractivity contribution is -0.136. The van der Waals surface area contributed by atoms with E-state index >= 15 is 0 Å². The molecule has 0 radical (unpaired) electrons. The molecule has 0 aromatic heterocycles. The fraction of sp³-hybridized carbons (Fsp3) is 0.316. The lowest BCUT2D eigenvalue weighted by Crippen LogP contribution is -2.46. The van der Waals surface area contributed by atoms with Gasteiger partial charge in [0.1, 0.15) is 6.04 Å². The highest BCUT2D eigenvalue weighted by atomic mass is 35.5.